The van der Waals surface area contributed by atoms with Crippen molar-refractivity contribution in [3.63, 3.8) is 0 Å². The minimum Gasteiger partial charge on any atom is -0.143 e. The Morgan fingerprint density at radius 2 is 0.291 bits per heavy atom. The Hall–Kier alpha value is -6.00. The van der Waals surface area contributed by atoms with E-state index in [0.717, 1.165) is 64.2 Å². The minimum absolute atomic E-state index is 1.10. The second-order valence-electron chi connectivity index (χ2n) is 39.8. The highest BCUT2D eigenvalue weighted by molar-refractivity contribution is 7.36. The Labute approximate surface area is 962 Å². The second kappa shape index (κ2) is 52.2. The fourth-order valence-electron chi connectivity index (χ4n) is 20.0. The van der Waals surface area contributed by atoms with Crippen LogP contribution in [0.25, 0.3) is 185 Å². The van der Waals surface area contributed by atoms with Crippen molar-refractivity contribution in [3.05, 3.63) is 247 Å². The molecule has 0 unspecified atom stereocenters. The van der Waals surface area contributed by atoms with Gasteiger partial charge in [-0.2, -0.15) is 0 Å². The molecule has 0 radical (unpaired) electrons. The average molecular weight is 2320 g/mol. The van der Waals surface area contributed by atoms with Crippen molar-refractivity contribution in [2.45, 2.75) is 314 Å². The first-order chi connectivity index (χ1) is 72.7. The van der Waals surface area contributed by atoms with Crippen molar-refractivity contribution in [3.8, 4) is 185 Å². The molecule has 20 aromatic heterocycles. The zero-order valence-electron chi connectivity index (χ0n) is 87.9. The van der Waals surface area contributed by atoms with Crippen LogP contribution in [0, 0.1) is 0 Å². The summed E-state index contributed by atoms with van der Waals surface area (Å²) in [5.41, 5.74) is 18.3. The van der Waals surface area contributed by atoms with Gasteiger partial charge in [-0.1, -0.05) is 160 Å². The van der Waals surface area contributed by atoms with Gasteiger partial charge in [0.1, 0.15) is 0 Å². The van der Waals surface area contributed by atoms with Crippen molar-refractivity contribution in [1.29, 1.82) is 0 Å². The van der Waals surface area contributed by atoms with E-state index in [4.69, 9.17) is 0 Å². The molecule has 0 bridgehead atoms. The first-order valence-corrected chi connectivity index (χ1v) is 71.5. The zero-order chi connectivity index (χ0) is 102. The molecule has 20 heterocycles. The predicted molar refractivity (Wildman–Crippen MR) is 691 cm³/mol. The molecule has 0 saturated carbocycles. The summed E-state index contributed by atoms with van der Waals surface area (Å²) in [4.78, 5) is 54.4. The van der Waals surface area contributed by atoms with Gasteiger partial charge in [-0.15, -0.1) is 227 Å². The van der Waals surface area contributed by atoms with Gasteiger partial charge in [0, 0.05) is 185 Å². The summed E-state index contributed by atoms with van der Waals surface area (Å²) in [5.74, 6) is 0. The molecule has 0 atom stereocenters. The van der Waals surface area contributed by atoms with Gasteiger partial charge < -0.3 is 0 Å². The monoisotopic (exact) mass is 2310 g/mol. The largest absolute Gasteiger partial charge is 0.143 e. The van der Waals surface area contributed by atoms with Gasteiger partial charge in [0.2, 0.25) is 0 Å². The van der Waals surface area contributed by atoms with Gasteiger partial charge in [-0.25, -0.2) is 0 Å². The lowest BCUT2D eigenvalue weighted by atomic mass is 10.1. The van der Waals surface area contributed by atoms with E-state index in [1.807, 2.05) is 159 Å². The number of hydrogen-bond donors (Lipinski definition) is 0. The van der Waals surface area contributed by atoms with Crippen molar-refractivity contribution in [2.75, 3.05) is 0 Å². The fraction of sp³-hybridized carbons (Fsp3) is 0.375. The van der Waals surface area contributed by atoms with Gasteiger partial charge in [0.25, 0.3) is 0 Å². The van der Waals surface area contributed by atoms with E-state index >= 15 is 0 Å². The Bertz CT molecular complexity index is 7680. The van der Waals surface area contributed by atoms with Crippen LogP contribution < -0.4 is 0 Å². The number of unbranched alkanes of at least 4 members (excludes halogenated alkanes) is 12. The smallest absolute Gasteiger partial charge is 0.0481 e. The third-order valence-corrected chi connectivity index (χ3v) is 54.3. The maximum absolute atomic E-state index is 2.62. The molecular weight excluding hydrogens is 2180 g/mol. The van der Waals surface area contributed by atoms with E-state index in [1.54, 1.807) is 0 Å². The SMILES string of the molecule is CCCCc1csc(-c2sc(-c3ccc(-c4ccc(-c5sc(-c6sc(-c7ccc(-c8sc(-c9sc(-c%10ccc(-c%11ccc(-c%12sc(-c%13sc(-c%14ccc(-c%15sc(-c%16sc(-c%17ccc(-c%18ccc(-c%19sc(-c%20sccc%20CCCC)cc%19CCCC)s%18)s%17)cc%16CCCC)cc%15CCCC)s%14)cc%13CCCC)cc%12CCCC)s%11)s%10)cc9CCCC)cc8CCCC)s7)cc6CCCC)cc5CCCC)s4)s3)cc2CCCC)c1. The van der Waals surface area contributed by atoms with E-state index in [1.165, 1.54) is 419 Å². The Morgan fingerprint density at radius 3 is 0.514 bits per heavy atom. The maximum Gasteiger partial charge on any atom is 0.0481 e. The Balaban J connectivity index is 0.536. The lowest BCUT2D eigenvalue weighted by Crippen LogP contribution is -1.84. The van der Waals surface area contributed by atoms with Crippen molar-refractivity contribution < 1.29 is 0 Å². The van der Waals surface area contributed by atoms with Crippen molar-refractivity contribution in [1.82, 2.24) is 0 Å². The second-order valence-corrected chi connectivity index (χ2v) is 60.8. The number of thiophene rings is 20. The molecule has 0 amide bonds. The predicted octanol–water partition coefficient (Wildman–Crippen LogP) is 50.7. The van der Waals surface area contributed by atoms with E-state index in [0.29, 0.717) is 0 Å². The van der Waals surface area contributed by atoms with E-state index in [2.05, 4.69) is 332 Å². The molecule has 0 saturated heterocycles. The van der Waals surface area contributed by atoms with Crippen LogP contribution in [0.3, 0.4) is 0 Å². The van der Waals surface area contributed by atoms with Gasteiger partial charge >= 0.3 is 0 Å². The van der Waals surface area contributed by atoms with Crippen LogP contribution in [0.5, 0.6) is 0 Å². The van der Waals surface area contributed by atoms with Crippen LogP contribution in [0.1, 0.15) is 304 Å². The molecule has 0 aliphatic heterocycles. The van der Waals surface area contributed by atoms with Gasteiger partial charge in [-0.05, 0) is 401 Å². The number of aryl methyl sites for hydroxylation is 12. The summed E-state index contributed by atoms with van der Waals surface area (Å²) in [5, 5.41) is 4.72. The van der Waals surface area contributed by atoms with E-state index in [-0.39, 0.29) is 0 Å². The van der Waals surface area contributed by atoms with E-state index in [9.17, 15) is 0 Å². The highest BCUT2D eigenvalue weighted by atomic mass is 32.2. The molecular formula is C128H138S20. The summed E-state index contributed by atoms with van der Waals surface area (Å²) < 4.78 is 0. The van der Waals surface area contributed by atoms with Crippen LogP contribution in [0.4, 0.5) is 0 Å². The summed E-state index contributed by atoms with van der Waals surface area (Å²) in [7, 11) is 0. The fourth-order valence-corrected chi connectivity index (χ4v) is 44.3. The van der Waals surface area contributed by atoms with Gasteiger partial charge in [-0.3, -0.25) is 0 Å². The van der Waals surface area contributed by atoms with Crippen LogP contribution in [-0.4, -0.2) is 0 Å². The van der Waals surface area contributed by atoms with Crippen LogP contribution in [0.2, 0.25) is 0 Å². The number of hydrogen-bond acceptors (Lipinski definition) is 20. The third kappa shape index (κ3) is 25.0. The van der Waals surface area contributed by atoms with Crippen LogP contribution in [0.15, 0.2) is 181 Å². The highest BCUT2D eigenvalue weighted by Gasteiger charge is 2.30. The van der Waals surface area contributed by atoms with Crippen LogP contribution >= 0.6 is 227 Å². The lowest BCUT2D eigenvalue weighted by Gasteiger charge is -2.00. The number of rotatable bonds is 55. The summed E-state index contributed by atoms with van der Waals surface area (Å²) in [6.45, 7) is 28.1. The Kier molecular flexibility index (Phi) is 38.4. The third-order valence-electron chi connectivity index (χ3n) is 28.4. The molecule has 0 spiro atoms. The molecule has 0 aliphatic carbocycles. The molecule has 0 aliphatic rings. The molecule has 0 aromatic carbocycles. The first-order valence-electron chi connectivity index (χ1n) is 55.0. The lowest BCUT2D eigenvalue weighted by molar-refractivity contribution is 0.796. The standard InChI is InChI=1S/C128H138S20/c1-13-25-37-79-67-112(130-78-79)124-81(39-27-15-3)68-107(139-124)97-52-49-91(131-97)95-56-61-103(135-95)120-87(45-33-21-9)74-116(145-120)127-84(42-30-18-6)71-110(142-127)100-58-64-106(137-100)123-90(48-36-24-12)77-115(148-123)126-83(41-29-17-5)70-109(141-126)99-54-51-93(133-99)96-57-62-104(136-96)121-88(46-34-22-10)75-117(146-121)128-85(43-31-19-7)72-111(143-128)101-59-63-105(138-101)122-89(47-35-23-11)76-114(147-122)125-82(40-28-16-4)69-108(140-125)98-53-50-92(132-98)94-55-60-102(134-94)119-86(44-32-20-8)73-113(144-119)118-80(38-26-14-2)65-66-129-118/h49-78H,13-48H2,1-12H3. The zero-order valence-corrected chi connectivity index (χ0v) is 104. The minimum atomic E-state index is 1.10. The van der Waals surface area contributed by atoms with Crippen LogP contribution in [-0.2, 0) is 77.0 Å². The molecule has 20 aromatic rings. The van der Waals surface area contributed by atoms with Gasteiger partial charge in [0.05, 0.1) is 0 Å². The molecule has 0 N–H and O–H groups in total. The van der Waals surface area contributed by atoms with Gasteiger partial charge in [0.15, 0.2) is 0 Å². The summed E-state index contributed by atoms with van der Waals surface area (Å²) >= 11 is 40.4. The van der Waals surface area contributed by atoms with Crippen molar-refractivity contribution >= 4 is 227 Å². The summed E-state index contributed by atoms with van der Waals surface area (Å²) in [6.07, 6.45) is 42.4. The summed E-state index contributed by atoms with van der Waals surface area (Å²) in [6, 6.07) is 69.7. The molecule has 0 nitrogen and oxygen atoms in total. The molecule has 148 heavy (non-hydrogen) atoms. The molecule has 0 fully saturated rings. The highest BCUT2D eigenvalue weighted by Crippen LogP contribution is 2.59. The Morgan fingerprint density at radius 1 is 0.128 bits per heavy atom. The quantitative estimate of drug-likeness (QED) is 0.0356. The molecule has 20 heteroatoms. The normalized spacial score (nSPS) is 11.9. The maximum atomic E-state index is 2.62. The molecule has 20 rings (SSSR count). The average Bonchev–Trinajstić information content (AvgIpc) is 1.63. The van der Waals surface area contributed by atoms with E-state index < -0.39 is 0 Å². The molecule has 770 valence electrons. The van der Waals surface area contributed by atoms with Crippen molar-refractivity contribution in [2.24, 2.45) is 0 Å². The topological polar surface area (TPSA) is 0 Å². The first kappa shape index (κ1) is 109.